The van der Waals surface area contributed by atoms with Crippen LogP contribution in [-0.4, -0.2) is 25.7 Å². The Kier molecular flexibility index (Phi) is 4.38. The van der Waals surface area contributed by atoms with Gasteiger partial charge in [-0.25, -0.2) is 9.67 Å². The van der Waals surface area contributed by atoms with Crippen LogP contribution in [0.25, 0.3) is 10.9 Å². The highest BCUT2D eigenvalue weighted by molar-refractivity contribution is 6.01. The second kappa shape index (κ2) is 6.47. The van der Waals surface area contributed by atoms with Crippen molar-refractivity contribution in [3.8, 4) is 0 Å². The van der Waals surface area contributed by atoms with Crippen molar-refractivity contribution in [1.29, 1.82) is 0 Å². The molecule has 2 N–H and O–H groups in total. The summed E-state index contributed by atoms with van der Waals surface area (Å²) >= 11 is 0. The largest absolute Gasteiger partial charge is 0.350 e. The highest BCUT2D eigenvalue weighted by Crippen LogP contribution is 2.24. The summed E-state index contributed by atoms with van der Waals surface area (Å²) in [5.74, 6) is 0.678. The fourth-order valence-electron chi connectivity index (χ4n) is 3.03. The predicted molar refractivity (Wildman–Crippen MR) is 94.0 cm³/mol. The first-order chi connectivity index (χ1) is 11.5. The molecule has 2 aromatic heterocycles. The van der Waals surface area contributed by atoms with Crippen molar-refractivity contribution >= 4 is 16.8 Å². The molecule has 1 atom stereocenters. The third-order valence-electron chi connectivity index (χ3n) is 4.41. The Hall–Kier alpha value is -2.63. The van der Waals surface area contributed by atoms with Gasteiger partial charge in [0.05, 0.1) is 6.04 Å². The number of aryl methyl sites for hydroxylation is 3. The van der Waals surface area contributed by atoms with Crippen LogP contribution in [0.5, 0.6) is 0 Å². The highest BCUT2D eigenvalue weighted by atomic mass is 16.2. The SMILES string of the molecule is CC[C@H](NC(=O)c1[nH]c2ccc(C)cc2c1C)c1ncnn1CC. The minimum absolute atomic E-state index is 0.112. The van der Waals surface area contributed by atoms with Gasteiger partial charge in [-0.2, -0.15) is 5.10 Å². The number of carbonyl (C=O) groups is 1. The normalized spacial score (nSPS) is 12.5. The summed E-state index contributed by atoms with van der Waals surface area (Å²) in [4.78, 5) is 20.3. The quantitative estimate of drug-likeness (QED) is 0.756. The predicted octanol–water partition coefficient (Wildman–Crippen LogP) is 3.28. The van der Waals surface area contributed by atoms with E-state index in [1.165, 1.54) is 11.9 Å². The average Bonchev–Trinajstić information content (AvgIpc) is 3.17. The number of nitrogens with zero attached hydrogens (tertiary/aromatic N) is 3. The van der Waals surface area contributed by atoms with E-state index in [0.717, 1.165) is 35.3 Å². The van der Waals surface area contributed by atoms with Crippen molar-refractivity contribution in [3.05, 3.63) is 47.2 Å². The van der Waals surface area contributed by atoms with Gasteiger partial charge in [0.15, 0.2) is 0 Å². The number of aromatic nitrogens is 4. The van der Waals surface area contributed by atoms with E-state index in [2.05, 4.69) is 33.4 Å². The Bertz CT molecular complexity index is 877. The van der Waals surface area contributed by atoms with Crippen molar-refractivity contribution in [2.24, 2.45) is 0 Å². The lowest BCUT2D eigenvalue weighted by molar-refractivity contribution is 0.0928. The van der Waals surface area contributed by atoms with Crippen molar-refractivity contribution < 1.29 is 4.79 Å². The first kappa shape index (κ1) is 16.2. The van der Waals surface area contributed by atoms with Crippen molar-refractivity contribution in [2.75, 3.05) is 0 Å². The molecule has 24 heavy (non-hydrogen) atoms. The van der Waals surface area contributed by atoms with Gasteiger partial charge in [0.1, 0.15) is 17.8 Å². The number of hydrogen-bond donors (Lipinski definition) is 2. The zero-order valence-electron chi connectivity index (χ0n) is 14.6. The second-order valence-corrected chi connectivity index (χ2v) is 6.04. The third kappa shape index (κ3) is 2.79. The minimum atomic E-state index is -0.160. The molecule has 0 aliphatic rings. The van der Waals surface area contributed by atoms with Crippen LogP contribution in [0.3, 0.4) is 0 Å². The molecular formula is C18H23N5O. The van der Waals surface area contributed by atoms with Gasteiger partial charge in [-0.05, 0) is 44.9 Å². The highest BCUT2D eigenvalue weighted by Gasteiger charge is 2.21. The second-order valence-electron chi connectivity index (χ2n) is 6.04. The summed E-state index contributed by atoms with van der Waals surface area (Å²) in [5, 5.41) is 8.36. The fraction of sp³-hybridized carbons (Fsp3) is 0.389. The van der Waals surface area contributed by atoms with Gasteiger partial charge in [0.2, 0.25) is 0 Å². The number of aromatic amines is 1. The van der Waals surface area contributed by atoms with Gasteiger partial charge in [0.25, 0.3) is 5.91 Å². The summed E-state index contributed by atoms with van der Waals surface area (Å²) in [7, 11) is 0. The zero-order chi connectivity index (χ0) is 17.3. The Balaban J connectivity index is 1.90. The van der Waals surface area contributed by atoms with E-state index < -0.39 is 0 Å². The molecule has 2 heterocycles. The Labute approximate surface area is 141 Å². The minimum Gasteiger partial charge on any atom is -0.350 e. The number of nitrogens with one attached hydrogen (secondary N) is 2. The van der Waals surface area contributed by atoms with E-state index in [-0.39, 0.29) is 11.9 Å². The maximum Gasteiger partial charge on any atom is 0.268 e. The molecule has 3 rings (SSSR count). The van der Waals surface area contributed by atoms with Crippen LogP contribution < -0.4 is 5.32 Å². The van der Waals surface area contributed by atoms with Crippen LogP contribution in [0.2, 0.25) is 0 Å². The van der Waals surface area contributed by atoms with E-state index in [1.54, 1.807) is 0 Å². The summed E-state index contributed by atoms with van der Waals surface area (Å²) in [5.41, 5.74) is 3.74. The number of fused-ring (bicyclic) bond motifs is 1. The van der Waals surface area contributed by atoms with Crippen molar-refractivity contribution in [3.63, 3.8) is 0 Å². The maximum atomic E-state index is 12.8. The lowest BCUT2D eigenvalue weighted by Crippen LogP contribution is -2.31. The molecule has 0 fully saturated rings. The number of amides is 1. The molecule has 3 aromatic rings. The molecule has 0 unspecified atom stereocenters. The van der Waals surface area contributed by atoms with E-state index >= 15 is 0 Å². The van der Waals surface area contributed by atoms with Gasteiger partial charge in [-0.3, -0.25) is 4.79 Å². The van der Waals surface area contributed by atoms with E-state index in [4.69, 9.17) is 0 Å². The summed E-state index contributed by atoms with van der Waals surface area (Å²) < 4.78 is 1.82. The number of rotatable bonds is 5. The molecule has 0 radical (unpaired) electrons. The summed E-state index contributed by atoms with van der Waals surface area (Å²) in [6.07, 6.45) is 2.29. The van der Waals surface area contributed by atoms with Crippen LogP contribution in [0.15, 0.2) is 24.5 Å². The van der Waals surface area contributed by atoms with Crippen molar-refractivity contribution in [2.45, 2.75) is 46.7 Å². The number of hydrogen-bond acceptors (Lipinski definition) is 3. The van der Waals surface area contributed by atoms with Gasteiger partial charge >= 0.3 is 0 Å². The van der Waals surface area contributed by atoms with Crippen LogP contribution >= 0.6 is 0 Å². The monoisotopic (exact) mass is 325 g/mol. The number of carbonyl (C=O) groups excluding carboxylic acids is 1. The Morgan fingerprint density at radius 2 is 2.12 bits per heavy atom. The average molecular weight is 325 g/mol. The topological polar surface area (TPSA) is 75.6 Å². The molecular weight excluding hydrogens is 302 g/mol. The first-order valence-corrected chi connectivity index (χ1v) is 8.32. The third-order valence-corrected chi connectivity index (χ3v) is 4.41. The molecule has 0 aliphatic carbocycles. The molecule has 0 aliphatic heterocycles. The van der Waals surface area contributed by atoms with Crippen LogP contribution in [0.4, 0.5) is 0 Å². The lowest BCUT2D eigenvalue weighted by Gasteiger charge is -2.16. The molecule has 126 valence electrons. The maximum absolute atomic E-state index is 12.8. The standard InChI is InChI=1S/C18H23N5O/c1-5-14(17-19-10-20-23(17)6-2)22-18(24)16-12(4)13-9-11(3)7-8-15(13)21-16/h7-10,14,21H,5-6H2,1-4H3,(H,22,24)/t14-/m0/s1. The summed E-state index contributed by atoms with van der Waals surface area (Å²) in [6, 6.07) is 5.99. The summed E-state index contributed by atoms with van der Waals surface area (Å²) in [6.45, 7) is 8.79. The molecule has 0 saturated carbocycles. The molecule has 6 nitrogen and oxygen atoms in total. The molecule has 0 spiro atoms. The van der Waals surface area contributed by atoms with E-state index in [9.17, 15) is 4.79 Å². The van der Waals surface area contributed by atoms with Crippen LogP contribution in [0.1, 0.15) is 53.7 Å². The fourth-order valence-corrected chi connectivity index (χ4v) is 3.03. The molecule has 6 heteroatoms. The van der Waals surface area contributed by atoms with Gasteiger partial charge in [-0.1, -0.05) is 18.6 Å². The molecule has 0 bridgehead atoms. The number of benzene rings is 1. The molecule has 1 aromatic carbocycles. The lowest BCUT2D eigenvalue weighted by atomic mass is 10.1. The zero-order valence-corrected chi connectivity index (χ0v) is 14.6. The van der Waals surface area contributed by atoms with Crippen LogP contribution in [-0.2, 0) is 6.54 Å². The van der Waals surface area contributed by atoms with E-state index in [0.29, 0.717) is 5.69 Å². The van der Waals surface area contributed by atoms with Gasteiger partial charge < -0.3 is 10.3 Å². The van der Waals surface area contributed by atoms with Crippen molar-refractivity contribution in [1.82, 2.24) is 25.1 Å². The Morgan fingerprint density at radius 1 is 1.33 bits per heavy atom. The number of H-pyrrole nitrogens is 1. The smallest absolute Gasteiger partial charge is 0.268 e. The molecule has 1 amide bonds. The first-order valence-electron chi connectivity index (χ1n) is 8.32. The van der Waals surface area contributed by atoms with Gasteiger partial charge in [0, 0.05) is 17.4 Å². The van der Waals surface area contributed by atoms with E-state index in [1.807, 2.05) is 37.6 Å². The van der Waals surface area contributed by atoms with Gasteiger partial charge in [-0.15, -0.1) is 0 Å². The molecule has 0 saturated heterocycles. The van der Waals surface area contributed by atoms with Crippen LogP contribution in [0, 0.1) is 13.8 Å². The Morgan fingerprint density at radius 3 is 2.83 bits per heavy atom.